The molecule has 2 aliphatic heterocycles. The summed E-state index contributed by atoms with van der Waals surface area (Å²) in [6.07, 6.45) is 3.30. The van der Waals surface area contributed by atoms with E-state index < -0.39 is 0 Å². The van der Waals surface area contributed by atoms with Crippen LogP contribution in [0.2, 0.25) is 0 Å². The largest absolute Gasteiger partial charge is 0.489 e. The van der Waals surface area contributed by atoms with Crippen LogP contribution in [0.15, 0.2) is 42.5 Å². The van der Waals surface area contributed by atoms with Gasteiger partial charge in [-0.25, -0.2) is 0 Å². The molecule has 2 aromatic rings. The van der Waals surface area contributed by atoms with E-state index in [0.29, 0.717) is 68.2 Å². The van der Waals surface area contributed by atoms with Crippen molar-refractivity contribution in [3.8, 4) is 17.2 Å². The van der Waals surface area contributed by atoms with Crippen molar-refractivity contribution in [2.75, 3.05) is 59.7 Å². The number of hydrogen-bond donors (Lipinski definition) is 1. The molecule has 2 heterocycles. The van der Waals surface area contributed by atoms with Crippen LogP contribution in [0.25, 0.3) is 0 Å². The number of rotatable bonds is 14. The van der Waals surface area contributed by atoms with Gasteiger partial charge in [-0.1, -0.05) is 30.3 Å². The van der Waals surface area contributed by atoms with Crippen molar-refractivity contribution in [3.05, 3.63) is 53.6 Å². The van der Waals surface area contributed by atoms with Gasteiger partial charge in [0, 0.05) is 64.0 Å². The molecule has 0 aromatic heterocycles. The lowest BCUT2D eigenvalue weighted by molar-refractivity contribution is -0.131. The number of ether oxygens (including phenoxy) is 4. The molecule has 228 valence electrons. The van der Waals surface area contributed by atoms with Gasteiger partial charge in [0.25, 0.3) is 5.91 Å². The summed E-state index contributed by atoms with van der Waals surface area (Å²) in [6, 6.07) is 13.9. The van der Waals surface area contributed by atoms with E-state index in [2.05, 4.69) is 24.1 Å². The van der Waals surface area contributed by atoms with Gasteiger partial charge in [-0.05, 0) is 56.2 Å². The third kappa shape index (κ3) is 7.55. The van der Waals surface area contributed by atoms with Gasteiger partial charge in [-0.2, -0.15) is 0 Å². The van der Waals surface area contributed by atoms with Gasteiger partial charge < -0.3 is 34.1 Å². The second kappa shape index (κ2) is 14.2. The zero-order valence-electron chi connectivity index (χ0n) is 25.2. The molecule has 2 aromatic carbocycles. The Kier molecular flexibility index (Phi) is 10.2. The summed E-state index contributed by atoms with van der Waals surface area (Å²) in [5.74, 6) is 2.26. The van der Waals surface area contributed by atoms with Crippen LogP contribution in [0.3, 0.4) is 0 Å². The number of fused-ring (bicyclic) bond motifs is 1. The van der Waals surface area contributed by atoms with Crippen LogP contribution >= 0.6 is 0 Å². The molecule has 0 unspecified atom stereocenters. The Labute approximate surface area is 249 Å². The van der Waals surface area contributed by atoms with Crippen molar-refractivity contribution in [2.24, 2.45) is 11.8 Å². The first kappa shape index (κ1) is 30.2. The van der Waals surface area contributed by atoms with E-state index in [4.69, 9.17) is 18.9 Å². The summed E-state index contributed by atoms with van der Waals surface area (Å²) < 4.78 is 22.9. The van der Waals surface area contributed by atoms with Crippen molar-refractivity contribution in [3.63, 3.8) is 0 Å². The van der Waals surface area contributed by atoms with Crippen LogP contribution in [0.5, 0.6) is 17.2 Å². The lowest BCUT2D eigenvalue weighted by atomic mass is 9.93. The molecule has 2 atom stereocenters. The summed E-state index contributed by atoms with van der Waals surface area (Å²) in [5.41, 5.74) is 1.57. The monoisotopic (exact) mass is 579 g/mol. The lowest BCUT2D eigenvalue weighted by Gasteiger charge is -2.34. The number of nitrogens with one attached hydrogen (secondary N) is 1. The number of methoxy groups -OCH3 is 1. The van der Waals surface area contributed by atoms with Crippen LogP contribution < -0.4 is 19.5 Å². The second-order valence-corrected chi connectivity index (χ2v) is 11.9. The molecule has 1 aliphatic carbocycles. The molecule has 9 nitrogen and oxygen atoms in total. The molecule has 1 N–H and O–H groups in total. The van der Waals surface area contributed by atoms with Crippen LogP contribution in [-0.2, 0) is 16.0 Å². The van der Waals surface area contributed by atoms with E-state index in [1.54, 1.807) is 19.2 Å². The molecule has 9 heteroatoms. The van der Waals surface area contributed by atoms with E-state index in [0.717, 1.165) is 44.5 Å². The first-order chi connectivity index (χ1) is 20.4. The minimum absolute atomic E-state index is 0.00253. The normalized spacial score (nSPS) is 19.5. The maximum absolute atomic E-state index is 14.0. The second-order valence-electron chi connectivity index (χ2n) is 11.9. The lowest BCUT2D eigenvalue weighted by Crippen LogP contribution is -2.45. The van der Waals surface area contributed by atoms with E-state index >= 15 is 0 Å². The smallest absolute Gasteiger partial charge is 0.254 e. The molecule has 1 saturated heterocycles. The number of carbonyl (C=O) groups excluding carboxylic acids is 2. The predicted molar refractivity (Wildman–Crippen MR) is 160 cm³/mol. The van der Waals surface area contributed by atoms with Crippen LogP contribution in [0.4, 0.5) is 0 Å². The van der Waals surface area contributed by atoms with Gasteiger partial charge in [0.1, 0.15) is 13.2 Å². The highest BCUT2D eigenvalue weighted by molar-refractivity contribution is 5.96. The molecule has 0 radical (unpaired) electrons. The quantitative estimate of drug-likeness (QED) is 0.341. The number of nitrogens with zero attached hydrogens (tertiary/aromatic N) is 2. The van der Waals surface area contributed by atoms with Crippen molar-refractivity contribution in [2.45, 2.75) is 51.6 Å². The van der Waals surface area contributed by atoms with E-state index in [1.807, 2.05) is 35.2 Å². The summed E-state index contributed by atoms with van der Waals surface area (Å²) in [7, 11) is 1.66. The van der Waals surface area contributed by atoms with E-state index in [9.17, 15) is 9.59 Å². The summed E-state index contributed by atoms with van der Waals surface area (Å²) in [6.45, 7) is 9.00. The highest BCUT2D eigenvalue weighted by Gasteiger charge is 2.38. The molecule has 3 aliphatic rings. The SMILES string of the molecule is COCCCOc1cc(C(=O)N(C[C@@H]2CNC[C@H]2CN(C(=O)Cc2ccccc2)C2CC2)C(C)C)cc2c1OCCO2. The average molecular weight is 580 g/mol. The van der Waals surface area contributed by atoms with Gasteiger partial charge in [0.2, 0.25) is 11.7 Å². The molecule has 5 rings (SSSR count). The molecule has 0 spiro atoms. The summed E-state index contributed by atoms with van der Waals surface area (Å²) >= 11 is 0. The average Bonchev–Trinajstić information content (AvgIpc) is 3.75. The van der Waals surface area contributed by atoms with Gasteiger partial charge >= 0.3 is 0 Å². The third-order valence-corrected chi connectivity index (χ3v) is 8.34. The van der Waals surface area contributed by atoms with Gasteiger partial charge in [-0.3, -0.25) is 9.59 Å². The molecule has 42 heavy (non-hydrogen) atoms. The Hall–Kier alpha value is -3.30. The molecular weight excluding hydrogens is 534 g/mol. The molecule has 0 bridgehead atoms. The number of amides is 2. The van der Waals surface area contributed by atoms with E-state index in [-0.39, 0.29) is 29.7 Å². The van der Waals surface area contributed by atoms with Gasteiger partial charge in [0.05, 0.1) is 13.0 Å². The molecule has 2 amide bonds. The van der Waals surface area contributed by atoms with Crippen LogP contribution in [-0.4, -0.2) is 93.4 Å². The fourth-order valence-electron chi connectivity index (χ4n) is 5.86. The van der Waals surface area contributed by atoms with Crippen LogP contribution in [0.1, 0.15) is 49.0 Å². The Morgan fingerprint density at radius 1 is 1.00 bits per heavy atom. The number of hydrogen-bond acceptors (Lipinski definition) is 7. The maximum atomic E-state index is 14.0. The highest BCUT2D eigenvalue weighted by Crippen LogP contribution is 2.41. The zero-order chi connectivity index (χ0) is 29.5. The van der Waals surface area contributed by atoms with E-state index in [1.165, 1.54) is 0 Å². The van der Waals surface area contributed by atoms with Gasteiger partial charge in [0.15, 0.2) is 11.5 Å². The fourth-order valence-corrected chi connectivity index (χ4v) is 5.86. The maximum Gasteiger partial charge on any atom is 0.254 e. The van der Waals surface area contributed by atoms with Crippen molar-refractivity contribution in [1.82, 2.24) is 15.1 Å². The first-order valence-electron chi connectivity index (χ1n) is 15.3. The Morgan fingerprint density at radius 3 is 2.45 bits per heavy atom. The molecule has 2 fully saturated rings. The Balaban J connectivity index is 1.28. The van der Waals surface area contributed by atoms with Gasteiger partial charge in [-0.15, -0.1) is 0 Å². The highest BCUT2D eigenvalue weighted by atomic mass is 16.6. The Morgan fingerprint density at radius 2 is 1.74 bits per heavy atom. The first-order valence-corrected chi connectivity index (χ1v) is 15.3. The topological polar surface area (TPSA) is 89.6 Å². The predicted octanol–water partition coefficient (Wildman–Crippen LogP) is 3.79. The number of benzene rings is 2. The van der Waals surface area contributed by atoms with Crippen molar-refractivity contribution >= 4 is 11.8 Å². The summed E-state index contributed by atoms with van der Waals surface area (Å²) in [5, 5.41) is 3.54. The molecular formula is C33H45N3O6. The summed E-state index contributed by atoms with van der Waals surface area (Å²) in [4.78, 5) is 31.4. The standard InChI is InChI=1S/C33H45N3O6/c1-23(2)35(33(38)25-17-29(40-13-7-12-39-3)32-30(18-25)41-14-15-42-32)21-26-19-34-20-27(26)22-36(28-10-11-28)31(37)16-24-8-5-4-6-9-24/h4-6,8-9,17-18,23,26-28,34H,7,10-16,19-22H2,1-3H3/t26-,27-/m0/s1. The Bertz CT molecular complexity index is 1200. The fraction of sp³-hybridized carbons (Fsp3) is 0.576. The van der Waals surface area contributed by atoms with Crippen LogP contribution in [0, 0.1) is 11.8 Å². The van der Waals surface area contributed by atoms with Crippen molar-refractivity contribution < 1.29 is 28.5 Å². The zero-order valence-corrected chi connectivity index (χ0v) is 25.2. The van der Waals surface area contributed by atoms with Crippen molar-refractivity contribution in [1.29, 1.82) is 0 Å². The third-order valence-electron chi connectivity index (χ3n) is 8.34. The number of carbonyl (C=O) groups is 2. The minimum atomic E-state index is -0.0615. The minimum Gasteiger partial charge on any atom is -0.489 e. The molecule has 1 saturated carbocycles.